The molecule has 8 nitrogen and oxygen atoms in total. The van der Waals surface area contributed by atoms with Crippen LogP contribution in [0, 0.1) is 13.8 Å². The first-order valence-corrected chi connectivity index (χ1v) is 14.9. The lowest BCUT2D eigenvalue weighted by Crippen LogP contribution is -2.52. The highest BCUT2D eigenvalue weighted by atomic mass is 32.2. The quantitative estimate of drug-likeness (QED) is 0.320. The number of aryl methyl sites for hydroxylation is 2. The van der Waals surface area contributed by atoms with E-state index in [0.717, 1.165) is 27.4 Å². The summed E-state index contributed by atoms with van der Waals surface area (Å²) < 4.78 is 34.6. The Labute approximate surface area is 238 Å². The van der Waals surface area contributed by atoms with E-state index in [-0.39, 0.29) is 23.0 Å². The monoisotopic (exact) mass is 565 g/mol. The summed E-state index contributed by atoms with van der Waals surface area (Å²) in [6, 6.07) is 20.0. The van der Waals surface area contributed by atoms with Gasteiger partial charge in [-0.05, 0) is 67.6 Å². The van der Waals surface area contributed by atoms with Crippen LogP contribution in [-0.4, -0.2) is 51.4 Å². The standard InChI is InChI=1S/C31H39N3O5S/c1-6-19-32-31(36)27(7-2)33(21-25-14-12-11-13-24(25)4)30(35)22-34(28-20-23(3)17-18-29(28)39-5)40(37,38)26-15-9-8-10-16-26/h8-18,20,27H,6-7,19,21-22H2,1-5H3,(H,32,36)/t27-/m0/s1. The molecule has 0 bridgehead atoms. The number of carbonyl (C=O) groups is 2. The lowest BCUT2D eigenvalue weighted by atomic mass is 10.1. The highest BCUT2D eigenvalue weighted by molar-refractivity contribution is 7.92. The highest BCUT2D eigenvalue weighted by Crippen LogP contribution is 2.33. The van der Waals surface area contributed by atoms with Crippen LogP contribution in [0.2, 0.25) is 0 Å². The Balaban J connectivity index is 2.12. The minimum atomic E-state index is -4.17. The Kier molecular flexibility index (Phi) is 10.7. The van der Waals surface area contributed by atoms with Crippen LogP contribution >= 0.6 is 0 Å². The molecule has 0 heterocycles. The summed E-state index contributed by atoms with van der Waals surface area (Å²) >= 11 is 0. The third kappa shape index (κ3) is 7.21. The first-order chi connectivity index (χ1) is 19.1. The molecule has 9 heteroatoms. The highest BCUT2D eigenvalue weighted by Gasteiger charge is 2.34. The smallest absolute Gasteiger partial charge is 0.264 e. The van der Waals surface area contributed by atoms with E-state index < -0.39 is 28.5 Å². The number of nitrogens with one attached hydrogen (secondary N) is 1. The zero-order chi connectivity index (χ0) is 29.3. The van der Waals surface area contributed by atoms with Crippen molar-refractivity contribution >= 4 is 27.5 Å². The molecular formula is C31H39N3O5S. The molecule has 3 rings (SSSR count). The second-order valence-corrected chi connectivity index (χ2v) is 11.5. The zero-order valence-electron chi connectivity index (χ0n) is 23.9. The molecule has 1 N–H and O–H groups in total. The average molecular weight is 566 g/mol. The van der Waals surface area contributed by atoms with Crippen LogP contribution in [-0.2, 0) is 26.2 Å². The van der Waals surface area contributed by atoms with Gasteiger partial charge in [0.15, 0.2) is 0 Å². The van der Waals surface area contributed by atoms with Crippen LogP contribution < -0.4 is 14.4 Å². The molecule has 0 unspecified atom stereocenters. The number of anilines is 1. The van der Waals surface area contributed by atoms with E-state index in [9.17, 15) is 18.0 Å². The van der Waals surface area contributed by atoms with Crippen molar-refractivity contribution in [2.24, 2.45) is 0 Å². The fourth-order valence-corrected chi connectivity index (χ4v) is 5.92. The van der Waals surface area contributed by atoms with Crippen molar-refractivity contribution in [1.82, 2.24) is 10.2 Å². The summed E-state index contributed by atoms with van der Waals surface area (Å²) in [4.78, 5) is 28.9. The van der Waals surface area contributed by atoms with E-state index in [1.807, 2.05) is 58.0 Å². The number of sulfonamides is 1. The van der Waals surface area contributed by atoms with E-state index in [1.54, 1.807) is 30.3 Å². The number of hydrogen-bond acceptors (Lipinski definition) is 5. The molecule has 0 aliphatic heterocycles. The van der Waals surface area contributed by atoms with Gasteiger partial charge in [0, 0.05) is 13.1 Å². The number of nitrogens with zero attached hydrogens (tertiary/aromatic N) is 2. The zero-order valence-corrected chi connectivity index (χ0v) is 24.7. The molecule has 0 fully saturated rings. The van der Waals surface area contributed by atoms with E-state index in [2.05, 4.69) is 5.32 Å². The van der Waals surface area contributed by atoms with Crippen LogP contribution in [0.1, 0.15) is 43.4 Å². The number of methoxy groups -OCH3 is 1. The topological polar surface area (TPSA) is 96.0 Å². The maximum atomic E-state index is 14.2. The number of rotatable bonds is 13. The number of carbonyl (C=O) groups excluding carboxylic acids is 2. The molecule has 2 amide bonds. The SMILES string of the molecule is CCCNC(=O)[C@H](CC)N(Cc1ccccc1C)C(=O)CN(c1cc(C)ccc1OC)S(=O)(=O)c1ccccc1. The second kappa shape index (κ2) is 14.0. The third-order valence-electron chi connectivity index (χ3n) is 6.75. The molecule has 0 spiro atoms. The van der Waals surface area contributed by atoms with Crippen molar-refractivity contribution in [1.29, 1.82) is 0 Å². The van der Waals surface area contributed by atoms with Crippen LogP contribution in [0.4, 0.5) is 5.69 Å². The summed E-state index contributed by atoms with van der Waals surface area (Å²) in [5.41, 5.74) is 2.90. The Bertz CT molecular complexity index is 1410. The van der Waals surface area contributed by atoms with Gasteiger partial charge in [-0.2, -0.15) is 0 Å². The summed E-state index contributed by atoms with van der Waals surface area (Å²) in [6.45, 7) is 7.72. The van der Waals surface area contributed by atoms with Gasteiger partial charge in [-0.3, -0.25) is 13.9 Å². The first kappa shape index (κ1) is 30.7. The van der Waals surface area contributed by atoms with E-state index in [0.29, 0.717) is 18.7 Å². The molecule has 0 saturated carbocycles. The summed E-state index contributed by atoms with van der Waals surface area (Å²) in [5, 5.41) is 2.90. The van der Waals surface area contributed by atoms with Gasteiger partial charge >= 0.3 is 0 Å². The van der Waals surface area contributed by atoms with Gasteiger partial charge in [-0.25, -0.2) is 8.42 Å². The van der Waals surface area contributed by atoms with E-state index in [4.69, 9.17) is 4.74 Å². The summed E-state index contributed by atoms with van der Waals surface area (Å²) in [7, 11) is -2.72. The van der Waals surface area contributed by atoms with Gasteiger partial charge in [-0.1, -0.05) is 62.4 Å². The number of amides is 2. The number of ether oxygens (including phenoxy) is 1. The summed E-state index contributed by atoms with van der Waals surface area (Å²) in [6.07, 6.45) is 1.12. The fraction of sp³-hybridized carbons (Fsp3) is 0.355. The van der Waals surface area contributed by atoms with E-state index in [1.165, 1.54) is 24.1 Å². The third-order valence-corrected chi connectivity index (χ3v) is 8.52. The van der Waals surface area contributed by atoms with Crippen LogP contribution in [0.25, 0.3) is 0 Å². The largest absolute Gasteiger partial charge is 0.495 e. The Hall–Kier alpha value is -3.85. The van der Waals surface area contributed by atoms with Crippen molar-refractivity contribution in [2.75, 3.05) is 24.5 Å². The fourth-order valence-electron chi connectivity index (χ4n) is 4.48. The molecule has 3 aromatic rings. The first-order valence-electron chi connectivity index (χ1n) is 13.5. The van der Waals surface area contributed by atoms with Gasteiger partial charge in [0.05, 0.1) is 17.7 Å². The lowest BCUT2D eigenvalue weighted by molar-refractivity contribution is -0.140. The van der Waals surface area contributed by atoms with Crippen molar-refractivity contribution in [2.45, 2.75) is 58.0 Å². The van der Waals surface area contributed by atoms with Gasteiger partial charge < -0.3 is 15.0 Å². The minimum Gasteiger partial charge on any atom is -0.495 e. The summed E-state index contributed by atoms with van der Waals surface area (Å²) in [5.74, 6) is -0.446. The Morgan fingerprint density at radius 1 is 0.950 bits per heavy atom. The van der Waals surface area contributed by atoms with Crippen LogP contribution in [0.3, 0.4) is 0 Å². The average Bonchev–Trinajstić information content (AvgIpc) is 2.95. The van der Waals surface area contributed by atoms with Crippen LogP contribution in [0.5, 0.6) is 5.75 Å². The lowest BCUT2D eigenvalue weighted by Gasteiger charge is -2.34. The van der Waals surface area contributed by atoms with Crippen LogP contribution in [0.15, 0.2) is 77.7 Å². The molecule has 0 aliphatic carbocycles. The molecule has 0 radical (unpaired) electrons. The molecule has 0 aromatic heterocycles. The van der Waals surface area contributed by atoms with Gasteiger partial charge in [0.25, 0.3) is 10.0 Å². The van der Waals surface area contributed by atoms with Gasteiger partial charge in [0.2, 0.25) is 11.8 Å². The molecule has 1 atom stereocenters. The molecule has 3 aromatic carbocycles. The Morgan fingerprint density at radius 2 is 1.62 bits per heavy atom. The maximum Gasteiger partial charge on any atom is 0.264 e. The van der Waals surface area contributed by atoms with Crippen molar-refractivity contribution in [3.05, 3.63) is 89.5 Å². The molecule has 0 aliphatic rings. The maximum absolute atomic E-state index is 14.2. The second-order valence-electron chi connectivity index (χ2n) is 9.66. The Morgan fingerprint density at radius 3 is 2.25 bits per heavy atom. The molecule has 40 heavy (non-hydrogen) atoms. The predicted molar refractivity (Wildman–Crippen MR) is 158 cm³/mol. The molecule has 0 saturated heterocycles. The van der Waals surface area contributed by atoms with Crippen molar-refractivity contribution in [3.8, 4) is 5.75 Å². The van der Waals surface area contributed by atoms with Crippen molar-refractivity contribution in [3.63, 3.8) is 0 Å². The number of hydrogen-bond donors (Lipinski definition) is 1. The molecular weight excluding hydrogens is 526 g/mol. The predicted octanol–water partition coefficient (Wildman–Crippen LogP) is 4.84. The molecule has 214 valence electrons. The number of benzene rings is 3. The minimum absolute atomic E-state index is 0.0459. The van der Waals surface area contributed by atoms with Crippen molar-refractivity contribution < 1.29 is 22.7 Å². The van der Waals surface area contributed by atoms with Gasteiger partial charge in [-0.15, -0.1) is 0 Å². The van der Waals surface area contributed by atoms with E-state index >= 15 is 0 Å². The van der Waals surface area contributed by atoms with Gasteiger partial charge in [0.1, 0.15) is 18.3 Å². The normalized spacial score (nSPS) is 11.9.